The summed E-state index contributed by atoms with van der Waals surface area (Å²) in [7, 11) is 0. The summed E-state index contributed by atoms with van der Waals surface area (Å²) in [6.45, 7) is 0.427. The summed E-state index contributed by atoms with van der Waals surface area (Å²) in [5, 5.41) is 26.6. The third-order valence-corrected chi connectivity index (χ3v) is 9.14. The smallest absolute Gasteiger partial charge is 0.243 e. The summed E-state index contributed by atoms with van der Waals surface area (Å²) in [5.41, 5.74) is 6.59. The van der Waals surface area contributed by atoms with Crippen molar-refractivity contribution in [2.45, 2.75) is 94.8 Å². The number of nitrogens with two attached hydrogens (primary N) is 1. The Balaban J connectivity index is 1.60. The van der Waals surface area contributed by atoms with E-state index < -0.39 is 53.7 Å². The molecule has 1 aliphatic carbocycles. The maximum atomic E-state index is 14.0. The number of nitrogens with zero attached hydrogens (tertiary/aromatic N) is 1. The van der Waals surface area contributed by atoms with Crippen LogP contribution >= 0.6 is 0 Å². The van der Waals surface area contributed by atoms with Crippen LogP contribution in [-0.4, -0.2) is 95.2 Å². The SMILES string of the molecule is N=C(N)NCCC[C@@H]1NC(=O)[C@@H](Cc2ccccc2)NC(=O)[C@H](Cc2c[nH]cn2)NC(=O)[C@@H](NC(=O)CC2CCCC2)CCC(=O)NCCNC1=O. The second-order valence-electron chi connectivity index (χ2n) is 13.3. The van der Waals surface area contributed by atoms with Crippen molar-refractivity contribution in [3.63, 3.8) is 0 Å². The van der Waals surface area contributed by atoms with E-state index in [1.54, 1.807) is 30.5 Å². The number of rotatable bonds is 11. The number of hydrogen-bond acceptors (Lipinski definition) is 8. The first-order chi connectivity index (χ1) is 25.1. The normalized spacial score (nSPS) is 22.8. The number of nitrogens with one attached hydrogen (secondary N) is 9. The standard InChI is InChI=1S/C35H51N11O6/c36-35(37)41-14-6-11-25-31(49)40-16-15-39-29(47)13-12-26(43-30(48)18-23-9-4-5-10-23)32(50)46-28(19-24-20-38-21-42-24)34(52)45-27(33(51)44-25)17-22-7-2-1-3-8-22/h1-3,7-8,20-21,23,25-28H,4-6,9-19H2,(H,38,42)(H,39,47)(H,40,49)(H,43,48)(H,44,51)(H,45,52)(H,46,50)(H4,36,37,41)/t25-,26-,27+,28-/m0/s1. The Kier molecular flexibility index (Phi) is 15.4. The zero-order valence-corrected chi connectivity index (χ0v) is 29.3. The van der Waals surface area contributed by atoms with Crippen molar-refractivity contribution in [1.82, 2.24) is 47.2 Å². The molecule has 4 rings (SSSR count). The van der Waals surface area contributed by atoms with E-state index in [-0.39, 0.29) is 75.9 Å². The molecule has 1 aliphatic heterocycles. The first-order valence-electron chi connectivity index (χ1n) is 17.9. The van der Waals surface area contributed by atoms with Gasteiger partial charge in [-0.15, -0.1) is 0 Å². The van der Waals surface area contributed by atoms with Crippen LogP contribution in [-0.2, 0) is 41.6 Å². The Hall–Kier alpha value is -5.48. The summed E-state index contributed by atoms with van der Waals surface area (Å²) in [6, 6.07) is 4.53. The van der Waals surface area contributed by atoms with Gasteiger partial charge >= 0.3 is 0 Å². The Morgan fingerprint density at radius 2 is 1.52 bits per heavy atom. The third-order valence-electron chi connectivity index (χ3n) is 9.14. The van der Waals surface area contributed by atoms with Crippen molar-refractivity contribution in [2.75, 3.05) is 19.6 Å². The molecule has 0 radical (unpaired) electrons. The first kappa shape index (κ1) is 39.3. The number of carbonyl (C=O) groups is 6. The van der Waals surface area contributed by atoms with Crippen LogP contribution < -0.4 is 43.0 Å². The lowest BCUT2D eigenvalue weighted by Gasteiger charge is -2.27. The van der Waals surface area contributed by atoms with Gasteiger partial charge in [-0.05, 0) is 43.6 Å². The molecule has 2 aromatic rings. The molecule has 0 spiro atoms. The molecule has 0 unspecified atom stereocenters. The van der Waals surface area contributed by atoms with Crippen LogP contribution in [0.5, 0.6) is 0 Å². The molecule has 11 N–H and O–H groups in total. The fourth-order valence-corrected chi connectivity index (χ4v) is 6.37. The van der Waals surface area contributed by atoms with Crippen molar-refractivity contribution >= 4 is 41.4 Å². The second kappa shape index (κ2) is 20.4. The predicted molar refractivity (Wildman–Crippen MR) is 191 cm³/mol. The van der Waals surface area contributed by atoms with Gasteiger partial charge in [-0.1, -0.05) is 43.2 Å². The highest BCUT2D eigenvalue weighted by Crippen LogP contribution is 2.27. The zero-order chi connectivity index (χ0) is 37.3. The van der Waals surface area contributed by atoms with Gasteiger partial charge in [-0.2, -0.15) is 0 Å². The molecule has 2 aliphatic rings. The minimum atomic E-state index is -1.22. The quantitative estimate of drug-likeness (QED) is 0.0774. The third kappa shape index (κ3) is 13.3. The summed E-state index contributed by atoms with van der Waals surface area (Å²) in [4.78, 5) is 88.0. The number of guanidine groups is 1. The number of carbonyl (C=O) groups excluding carboxylic acids is 6. The van der Waals surface area contributed by atoms with Crippen molar-refractivity contribution in [1.29, 1.82) is 5.41 Å². The summed E-state index contributed by atoms with van der Waals surface area (Å²) in [5.74, 6) is -3.17. The Bertz CT molecular complexity index is 1510. The number of hydrogen-bond donors (Lipinski definition) is 10. The first-order valence-corrected chi connectivity index (χ1v) is 17.9. The van der Waals surface area contributed by atoms with Gasteiger partial charge in [0.1, 0.15) is 24.2 Å². The van der Waals surface area contributed by atoms with E-state index in [0.717, 1.165) is 31.2 Å². The maximum absolute atomic E-state index is 14.0. The van der Waals surface area contributed by atoms with Gasteiger partial charge in [0.25, 0.3) is 0 Å². The van der Waals surface area contributed by atoms with Crippen molar-refractivity contribution in [3.8, 4) is 0 Å². The molecule has 52 heavy (non-hydrogen) atoms. The molecule has 4 atom stereocenters. The summed E-state index contributed by atoms with van der Waals surface area (Å²) < 4.78 is 0. The number of H-pyrrole nitrogens is 1. The molecule has 282 valence electrons. The molecule has 17 heteroatoms. The molecule has 17 nitrogen and oxygen atoms in total. The molecule has 1 aromatic heterocycles. The Morgan fingerprint density at radius 3 is 2.21 bits per heavy atom. The van der Waals surface area contributed by atoms with Crippen LogP contribution in [0, 0.1) is 11.3 Å². The lowest BCUT2D eigenvalue weighted by atomic mass is 10.0. The highest BCUT2D eigenvalue weighted by Gasteiger charge is 2.33. The van der Waals surface area contributed by atoms with Crippen LogP contribution in [0.1, 0.15) is 69.0 Å². The lowest BCUT2D eigenvalue weighted by molar-refractivity contribution is -0.135. The van der Waals surface area contributed by atoms with E-state index in [1.165, 1.54) is 6.33 Å². The van der Waals surface area contributed by atoms with Crippen molar-refractivity contribution < 1.29 is 28.8 Å². The number of benzene rings is 1. The fraction of sp³-hybridized carbons (Fsp3) is 0.543. The highest BCUT2D eigenvalue weighted by atomic mass is 16.2. The van der Waals surface area contributed by atoms with Gasteiger partial charge in [0.2, 0.25) is 35.4 Å². The molecule has 1 saturated heterocycles. The highest BCUT2D eigenvalue weighted by molar-refractivity contribution is 5.96. The van der Waals surface area contributed by atoms with Crippen LogP contribution in [0.4, 0.5) is 0 Å². The van der Waals surface area contributed by atoms with E-state index in [4.69, 9.17) is 11.1 Å². The number of aromatic nitrogens is 2. The van der Waals surface area contributed by atoms with Crippen LogP contribution in [0.2, 0.25) is 0 Å². The summed E-state index contributed by atoms with van der Waals surface area (Å²) >= 11 is 0. The van der Waals surface area contributed by atoms with Crippen LogP contribution in [0.15, 0.2) is 42.9 Å². The van der Waals surface area contributed by atoms with Crippen LogP contribution in [0.3, 0.4) is 0 Å². The average molecular weight is 722 g/mol. The van der Waals surface area contributed by atoms with E-state index >= 15 is 0 Å². The maximum Gasteiger partial charge on any atom is 0.243 e. The summed E-state index contributed by atoms with van der Waals surface area (Å²) in [6.07, 6.45) is 7.70. The topological polar surface area (TPSA) is 265 Å². The lowest BCUT2D eigenvalue weighted by Crippen LogP contribution is -2.59. The molecule has 2 heterocycles. The molecule has 0 bridgehead atoms. The van der Waals surface area contributed by atoms with Crippen molar-refractivity contribution in [3.05, 3.63) is 54.1 Å². The van der Waals surface area contributed by atoms with Gasteiger partial charge < -0.3 is 47.9 Å². The van der Waals surface area contributed by atoms with Crippen LogP contribution in [0.25, 0.3) is 0 Å². The van der Waals surface area contributed by atoms with E-state index in [2.05, 4.69) is 47.2 Å². The Labute approximate surface area is 302 Å². The van der Waals surface area contributed by atoms with Gasteiger partial charge in [-0.3, -0.25) is 34.2 Å². The van der Waals surface area contributed by atoms with Gasteiger partial charge in [-0.25, -0.2) is 4.98 Å². The molecule has 1 aromatic carbocycles. The van der Waals surface area contributed by atoms with Gasteiger partial charge in [0, 0.05) is 51.5 Å². The molecule has 6 amide bonds. The number of imidazole rings is 1. The minimum Gasteiger partial charge on any atom is -0.370 e. The molecular formula is C35H51N11O6. The van der Waals surface area contributed by atoms with E-state index in [1.807, 2.05) is 6.07 Å². The fourth-order valence-electron chi connectivity index (χ4n) is 6.37. The largest absolute Gasteiger partial charge is 0.370 e. The second-order valence-corrected chi connectivity index (χ2v) is 13.3. The van der Waals surface area contributed by atoms with E-state index in [0.29, 0.717) is 12.1 Å². The minimum absolute atomic E-state index is 0.0351. The van der Waals surface area contributed by atoms with Gasteiger partial charge in [0.05, 0.1) is 12.0 Å². The molecule has 2 fully saturated rings. The van der Waals surface area contributed by atoms with E-state index in [9.17, 15) is 28.8 Å². The molecular weight excluding hydrogens is 670 g/mol. The molecule has 1 saturated carbocycles. The predicted octanol–water partition coefficient (Wildman–Crippen LogP) is -0.996. The number of aromatic amines is 1. The number of amides is 6. The van der Waals surface area contributed by atoms with Gasteiger partial charge in [0.15, 0.2) is 5.96 Å². The van der Waals surface area contributed by atoms with Crippen molar-refractivity contribution in [2.24, 2.45) is 11.7 Å². The monoisotopic (exact) mass is 721 g/mol. The Morgan fingerprint density at radius 1 is 0.846 bits per heavy atom. The zero-order valence-electron chi connectivity index (χ0n) is 29.3. The average Bonchev–Trinajstić information content (AvgIpc) is 3.83.